The Morgan fingerprint density at radius 3 is 2.75 bits per heavy atom. The molecule has 0 spiro atoms. The maximum atomic E-state index is 12.0. The van der Waals surface area contributed by atoms with Gasteiger partial charge in [-0.1, -0.05) is 11.6 Å². The van der Waals surface area contributed by atoms with Gasteiger partial charge in [-0.2, -0.15) is 0 Å². The van der Waals surface area contributed by atoms with E-state index in [4.69, 9.17) is 17.4 Å². The van der Waals surface area contributed by atoms with Crippen LogP contribution in [0.3, 0.4) is 0 Å². The molecule has 5 N–H and O–H groups in total. The smallest absolute Gasteiger partial charge is 0.272 e. The first-order valence-electron chi connectivity index (χ1n) is 6.25. The van der Waals surface area contributed by atoms with Crippen molar-refractivity contribution in [1.82, 2.24) is 15.6 Å². The predicted molar refractivity (Wildman–Crippen MR) is 75.2 cm³/mol. The van der Waals surface area contributed by atoms with Gasteiger partial charge in [0.1, 0.15) is 17.6 Å². The van der Waals surface area contributed by atoms with Crippen molar-refractivity contribution in [3.05, 3.63) is 22.8 Å². The highest BCUT2D eigenvalue weighted by molar-refractivity contribution is 6.33. The molecule has 1 atom stereocenters. The number of amides is 2. The lowest BCUT2D eigenvalue weighted by Crippen LogP contribution is -2.45. The lowest BCUT2D eigenvalue weighted by Gasteiger charge is -2.14. The van der Waals surface area contributed by atoms with Gasteiger partial charge in [0, 0.05) is 6.04 Å². The predicted octanol–water partition coefficient (Wildman–Crippen LogP) is 0.417. The second-order valence-electron chi connectivity index (χ2n) is 4.65. The Bertz CT molecular complexity index is 533. The van der Waals surface area contributed by atoms with Crippen LogP contribution in [0.5, 0.6) is 0 Å². The normalized spacial score (nSPS) is 15.3. The van der Waals surface area contributed by atoms with E-state index < -0.39 is 11.9 Å². The number of anilines is 1. The van der Waals surface area contributed by atoms with Gasteiger partial charge < -0.3 is 16.1 Å². The topological polar surface area (TPSA) is 109 Å². The van der Waals surface area contributed by atoms with Gasteiger partial charge in [0.25, 0.3) is 5.91 Å². The van der Waals surface area contributed by atoms with Crippen LogP contribution in [0.4, 0.5) is 5.82 Å². The minimum atomic E-state index is -0.657. The Balaban J connectivity index is 2.01. The van der Waals surface area contributed by atoms with E-state index in [-0.39, 0.29) is 22.7 Å². The molecule has 1 fully saturated rings. The van der Waals surface area contributed by atoms with Gasteiger partial charge >= 0.3 is 0 Å². The van der Waals surface area contributed by atoms with Gasteiger partial charge in [-0.15, -0.1) is 0 Å². The van der Waals surface area contributed by atoms with Crippen LogP contribution in [0.1, 0.15) is 30.3 Å². The molecule has 1 heterocycles. The highest BCUT2D eigenvalue weighted by atomic mass is 35.5. The van der Waals surface area contributed by atoms with Crippen molar-refractivity contribution in [2.24, 2.45) is 5.84 Å². The molecule has 1 aromatic heterocycles. The van der Waals surface area contributed by atoms with Crippen molar-refractivity contribution >= 4 is 29.2 Å². The van der Waals surface area contributed by atoms with E-state index in [1.807, 2.05) is 0 Å². The second-order valence-corrected chi connectivity index (χ2v) is 5.06. The standard InChI is InChI=1S/C12H16ClN5O2/c1-6(11(19)16-7-2-3-7)15-12(20)10-8(13)4-5-9(17-10)18-14/h4-7H,2-3,14H2,1H3,(H,15,20)(H,16,19)(H,17,18). The van der Waals surface area contributed by atoms with Gasteiger partial charge in [0.2, 0.25) is 5.91 Å². The van der Waals surface area contributed by atoms with Gasteiger partial charge in [-0.25, -0.2) is 10.8 Å². The van der Waals surface area contributed by atoms with Gasteiger partial charge in [-0.05, 0) is 31.9 Å². The SMILES string of the molecule is CC(NC(=O)c1nc(NN)ccc1Cl)C(=O)NC1CC1. The summed E-state index contributed by atoms with van der Waals surface area (Å²) in [6, 6.07) is 2.64. The van der Waals surface area contributed by atoms with Crippen LogP contribution in [0.25, 0.3) is 0 Å². The Morgan fingerprint density at radius 1 is 1.45 bits per heavy atom. The van der Waals surface area contributed by atoms with Crippen LogP contribution >= 0.6 is 11.6 Å². The zero-order valence-corrected chi connectivity index (χ0v) is 11.7. The maximum Gasteiger partial charge on any atom is 0.272 e. The van der Waals surface area contributed by atoms with Crippen LogP contribution in [-0.2, 0) is 4.79 Å². The molecule has 1 aliphatic carbocycles. The van der Waals surface area contributed by atoms with Crippen molar-refractivity contribution in [3.8, 4) is 0 Å². The Kier molecular flexibility index (Phi) is 4.41. The minimum absolute atomic E-state index is 0.0215. The summed E-state index contributed by atoms with van der Waals surface area (Å²) in [5, 5.41) is 5.55. The molecule has 0 aliphatic heterocycles. The number of hydrogen-bond acceptors (Lipinski definition) is 5. The monoisotopic (exact) mass is 297 g/mol. The summed E-state index contributed by atoms with van der Waals surface area (Å²) in [7, 11) is 0. The number of nitrogens with zero attached hydrogens (tertiary/aromatic N) is 1. The number of rotatable bonds is 5. The van der Waals surface area contributed by atoms with Crippen molar-refractivity contribution in [1.29, 1.82) is 0 Å². The highest BCUT2D eigenvalue weighted by Gasteiger charge is 2.26. The van der Waals surface area contributed by atoms with Crippen LogP contribution < -0.4 is 21.9 Å². The number of carbonyl (C=O) groups is 2. The number of hydrogen-bond donors (Lipinski definition) is 4. The van der Waals surface area contributed by atoms with Crippen LogP contribution in [0.2, 0.25) is 5.02 Å². The molecule has 1 saturated carbocycles. The molecule has 8 heteroatoms. The molecule has 2 amide bonds. The van der Waals surface area contributed by atoms with E-state index in [2.05, 4.69) is 21.0 Å². The first-order chi connectivity index (χ1) is 9.51. The minimum Gasteiger partial charge on any atom is -0.352 e. The third-order valence-corrected chi connectivity index (χ3v) is 3.18. The third kappa shape index (κ3) is 3.58. The molecule has 0 radical (unpaired) electrons. The Hall–Kier alpha value is -1.86. The summed E-state index contributed by atoms with van der Waals surface area (Å²) in [6.07, 6.45) is 1.98. The number of aromatic nitrogens is 1. The zero-order valence-electron chi connectivity index (χ0n) is 10.9. The molecule has 0 aromatic carbocycles. The molecule has 1 unspecified atom stereocenters. The molecule has 0 saturated heterocycles. The fourth-order valence-corrected chi connectivity index (χ4v) is 1.76. The number of pyridine rings is 1. The molecule has 1 aromatic rings. The molecule has 0 bridgehead atoms. The van der Waals surface area contributed by atoms with E-state index >= 15 is 0 Å². The highest BCUT2D eigenvalue weighted by Crippen LogP contribution is 2.19. The van der Waals surface area contributed by atoms with E-state index in [0.717, 1.165) is 12.8 Å². The average molecular weight is 298 g/mol. The van der Waals surface area contributed by atoms with Gasteiger partial charge in [0.15, 0.2) is 0 Å². The molecular formula is C12H16ClN5O2. The quantitative estimate of drug-likeness (QED) is 0.465. The number of carbonyl (C=O) groups excluding carboxylic acids is 2. The Labute approximate surface area is 121 Å². The molecular weight excluding hydrogens is 282 g/mol. The summed E-state index contributed by atoms with van der Waals surface area (Å²) in [5.41, 5.74) is 2.35. The first-order valence-corrected chi connectivity index (χ1v) is 6.63. The average Bonchev–Trinajstić information content (AvgIpc) is 3.23. The maximum absolute atomic E-state index is 12.0. The van der Waals surface area contributed by atoms with Crippen LogP contribution in [-0.4, -0.2) is 28.9 Å². The molecule has 20 heavy (non-hydrogen) atoms. The molecule has 1 aliphatic rings. The lowest BCUT2D eigenvalue weighted by atomic mass is 10.2. The van der Waals surface area contributed by atoms with Crippen molar-refractivity contribution < 1.29 is 9.59 Å². The molecule has 108 valence electrons. The molecule has 2 rings (SSSR count). The molecule has 7 nitrogen and oxygen atoms in total. The number of halogens is 1. The second kappa shape index (κ2) is 6.06. The van der Waals surface area contributed by atoms with Crippen LogP contribution in [0, 0.1) is 0 Å². The van der Waals surface area contributed by atoms with Crippen LogP contribution in [0.15, 0.2) is 12.1 Å². The summed E-state index contributed by atoms with van der Waals surface area (Å²) >= 11 is 5.91. The summed E-state index contributed by atoms with van der Waals surface area (Å²) < 4.78 is 0. The van der Waals surface area contributed by atoms with Gasteiger partial charge in [0.05, 0.1) is 5.02 Å². The first kappa shape index (κ1) is 14.5. The summed E-state index contributed by atoms with van der Waals surface area (Å²) in [5.74, 6) is 4.80. The van der Waals surface area contributed by atoms with Crippen molar-refractivity contribution in [2.45, 2.75) is 31.8 Å². The van der Waals surface area contributed by atoms with Gasteiger partial charge in [-0.3, -0.25) is 9.59 Å². The lowest BCUT2D eigenvalue weighted by molar-refractivity contribution is -0.122. The summed E-state index contributed by atoms with van der Waals surface area (Å²) in [6.45, 7) is 1.61. The number of nitrogens with two attached hydrogens (primary N) is 1. The van der Waals surface area contributed by atoms with E-state index in [1.165, 1.54) is 6.07 Å². The third-order valence-electron chi connectivity index (χ3n) is 2.87. The fourth-order valence-electron chi connectivity index (χ4n) is 1.57. The fraction of sp³-hybridized carbons (Fsp3) is 0.417. The summed E-state index contributed by atoms with van der Waals surface area (Å²) in [4.78, 5) is 27.8. The Morgan fingerprint density at radius 2 is 2.15 bits per heavy atom. The van der Waals surface area contributed by atoms with Crippen molar-refractivity contribution in [2.75, 3.05) is 5.43 Å². The largest absolute Gasteiger partial charge is 0.352 e. The van der Waals surface area contributed by atoms with E-state index in [0.29, 0.717) is 5.82 Å². The van der Waals surface area contributed by atoms with E-state index in [9.17, 15) is 9.59 Å². The van der Waals surface area contributed by atoms with Crippen molar-refractivity contribution in [3.63, 3.8) is 0 Å². The van der Waals surface area contributed by atoms with E-state index in [1.54, 1.807) is 13.0 Å². The zero-order chi connectivity index (χ0) is 14.7. The number of nitrogen functional groups attached to an aromatic ring is 1. The number of hydrazine groups is 1. The number of nitrogens with one attached hydrogen (secondary N) is 3.